The number of rotatable bonds is 4. The predicted molar refractivity (Wildman–Crippen MR) is 76.3 cm³/mol. The third kappa shape index (κ3) is 3.58. The highest BCUT2D eigenvalue weighted by Crippen LogP contribution is 2.13. The Morgan fingerprint density at radius 2 is 1.79 bits per heavy atom. The highest BCUT2D eigenvalue weighted by Gasteiger charge is 2.07. The van der Waals surface area contributed by atoms with Gasteiger partial charge in [0.1, 0.15) is 5.76 Å². The van der Waals surface area contributed by atoms with Gasteiger partial charge in [-0.2, -0.15) is 0 Å². The van der Waals surface area contributed by atoms with Crippen LogP contribution in [0.1, 0.15) is 28.8 Å². The van der Waals surface area contributed by atoms with E-state index in [2.05, 4.69) is 5.32 Å². The molecule has 1 aromatic carbocycles. The van der Waals surface area contributed by atoms with Crippen LogP contribution in [0.15, 0.2) is 52.6 Å². The summed E-state index contributed by atoms with van der Waals surface area (Å²) in [6, 6.07) is 11.5. The molecule has 98 valence electrons. The lowest BCUT2D eigenvalue weighted by Gasteiger charge is -2.06. The molecular formula is C16H17NO2. The Morgan fingerprint density at radius 3 is 2.37 bits per heavy atom. The van der Waals surface area contributed by atoms with E-state index in [1.807, 2.05) is 45.0 Å². The van der Waals surface area contributed by atoms with Crippen molar-refractivity contribution in [1.82, 2.24) is 0 Å². The highest BCUT2D eigenvalue weighted by molar-refractivity contribution is 6.03. The topological polar surface area (TPSA) is 42.2 Å². The van der Waals surface area contributed by atoms with E-state index < -0.39 is 0 Å². The van der Waals surface area contributed by atoms with Crippen molar-refractivity contribution < 1.29 is 9.21 Å². The Hall–Kier alpha value is -2.29. The van der Waals surface area contributed by atoms with Crippen LogP contribution in [0.5, 0.6) is 0 Å². The quantitative estimate of drug-likeness (QED) is 0.660. The number of allylic oxidation sites excluding steroid dienone is 2. The molecule has 0 saturated heterocycles. The summed E-state index contributed by atoms with van der Waals surface area (Å²) in [4.78, 5) is 11.9. The van der Waals surface area contributed by atoms with Crippen LogP contribution in [0, 0.1) is 13.8 Å². The van der Waals surface area contributed by atoms with Crippen molar-refractivity contribution in [2.75, 3.05) is 5.32 Å². The zero-order valence-corrected chi connectivity index (χ0v) is 11.4. The second-order valence-corrected chi connectivity index (χ2v) is 4.59. The van der Waals surface area contributed by atoms with Gasteiger partial charge >= 0.3 is 0 Å². The van der Waals surface area contributed by atoms with Crippen molar-refractivity contribution in [1.29, 1.82) is 0 Å². The lowest BCUT2D eigenvalue weighted by molar-refractivity contribution is 0.102. The van der Waals surface area contributed by atoms with E-state index >= 15 is 0 Å². The van der Waals surface area contributed by atoms with Gasteiger partial charge in [0.2, 0.25) is 5.78 Å². The first-order chi connectivity index (χ1) is 9.04. The zero-order valence-electron chi connectivity index (χ0n) is 11.4. The highest BCUT2D eigenvalue weighted by atomic mass is 16.3. The van der Waals surface area contributed by atoms with E-state index in [0.717, 1.165) is 17.1 Å². The first kappa shape index (κ1) is 13.1. The summed E-state index contributed by atoms with van der Waals surface area (Å²) in [6.07, 6.45) is 1.54. The third-order valence-electron chi connectivity index (χ3n) is 2.72. The number of anilines is 1. The lowest BCUT2D eigenvalue weighted by Crippen LogP contribution is -2.00. The second kappa shape index (κ2) is 5.57. The van der Waals surface area contributed by atoms with Crippen molar-refractivity contribution in [3.05, 3.63) is 65.3 Å². The molecule has 0 spiro atoms. The summed E-state index contributed by atoms with van der Waals surface area (Å²) in [7, 11) is 0. The van der Waals surface area contributed by atoms with Gasteiger partial charge in [0.25, 0.3) is 0 Å². The van der Waals surface area contributed by atoms with Crippen LogP contribution in [-0.2, 0) is 0 Å². The first-order valence-corrected chi connectivity index (χ1v) is 6.17. The van der Waals surface area contributed by atoms with Gasteiger partial charge in [-0.05, 0) is 45.0 Å². The van der Waals surface area contributed by atoms with Crippen molar-refractivity contribution >= 4 is 11.5 Å². The number of carbonyl (C=O) groups excluding carboxylic acids is 1. The molecule has 0 atom stereocenters. The van der Waals surface area contributed by atoms with Crippen LogP contribution in [0.3, 0.4) is 0 Å². The molecule has 0 aliphatic heterocycles. The summed E-state index contributed by atoms with van der Waals surface area (Å²) in [6.45, 7) is 5.71. The van der Waals surface area contributed by atoms with Crippen molar-refractivity contribution in [2.24, 2.45) is 0 Å². The minimum atomic E-state index is -0.134. The van der Waals surface area contributed by atoms with E-state index in [-0.39, 0.29) is 5.78 Å². The number of ketones is 1. The van der Waals surface area contributed by atoms with Crippen LogP contribution in [0.2, 0.25) is 0 Å². The molecule has 0 aliphatic rings. The fourth-order valence-electron chi connectivity index (χ4n) is 1.74. The number of benzene rings is 1. The normalized spacial score (nSPS) is 11.4. The first-order valence-electron chi connectivity index (χ1n) is 6.17. The lowest BCUT2D eigenvalue weighted by atomic mass is 10.2. The van der Waals surface area contributed by atoms with Crippen LogP contribution >= 0.6 is 0 Å². The molecule has 3 nitrogen and oxygen atoms in total. The SMILES string of the molecule is C/C(=C\C(=O)c1ccc(C)o1)Nc1ccc(C)cc1. The molecule has 0 aliphatic carbocycles. The molecule has 0 fully saturated rings. The molecule has 0 radical (unpaired) electrons. The van der Waals surface area contributed by atoms with Crippen molar-refractivity contribution in [3.63, 3.8) is 0 Å². The monoisotopic (exact) mass is 255 g/mol. The number of furan rings is 1. The standard InChI is InChI=1S/C16H17NO2/c1-11-4-7-14(8-5-11)17-12(2)10-15(18)16-9-6-13(3)19-16/h4-10,17H,1-3H3/b12-10+. The maximum atomic E-state index is 11.9. The molecule has 1 aromatic heterocycles. The Labute approximate surface area is 112 Å². The van der Waals surface area contributed by atoms with Crippen LogP contribution < -0.4 is 5.32 Å². The van der Waals surface area contributed by atoms with Crippen LogP contribution in [0.4, 0.5) is 5.69 Å². The van der Waals surface area contributed by atoms with Gasteiger partial charge in [-0.1, -0.05) is 17.7 Å². The third-order valence-corrected chi connectivity index (χ3v) is 2.72. The van der Waals surface area contributed by atoms with E-state index in [4.69, 9.17) is 4.42 Å². The second-order valence-electron chi connectivity index (χ2n) is 4.59. The molecule has 0 amide bonds. The minimum Gasteiger partial charge on any atom is -0.458 e. The summed E-state index contributed by atoms with van der Waals surface area (Å²) in [5, 5.41) is 3.18. The Balaban J connectivity index is 2.06. The Kier molecular flexibility index (Phi) is 3.85. The minimum absolute atomic E-state index is 0.134. The summed E-state index contributed by atoms with van der Waals surface area (Å²) in [5.74, 6) is 0.966. The molecule has 0 saturated carbocycles. The maximum absolute atomic E-state index is 11.9. The predicted octanol–water partition coefficient (Wildman–Crippen LogP) is 4.10. The molecular weight excluding hydrogens is 238 g/mol. The smallest absolute Gasteiger partial charge is 0.222 e. The van der Waals surface area contributed by atoms with Crippen molar-refractivity contribution in [2.45, 2.75) is 20.8 Å². The summed E-state index contributed by atoms with van der Waals surface area (Å²) in [5.41, 5.74) is 2.94. The maximum Gasteiger partial charge on any atom is 0.222 e. The van der Waals surface area contributed by atoms with Crippen LogP contribution in [0.25, 0.3) is 0 Å². The van der Waals surface area contributed by atoms with E-state index in [1.165, 1.54) is 11.6 Å². The van der Waals surface area contributed by atoms with Gasteiger partial charge in [0.05, 0.1) is 0 Å². The Morgan fingerprint density at radius 1 is 1.11 bits per heavy atom. The molecule has 19 heavy (non-hydrogen) atoms. The van der Waals surface area contributed by atoms with Gasteiger partial charge in [0.15, 0.2) is 5.76 Å². The molecule has 2 aromatic rings. The number of carbonyl (C=O) groups is 1. The molecule has 0 bridgehead atoms. The van der Waals surface area contributed by atoms with Gasteiger partial charge in [0, 0.05) is 17.5 Å². The Bertz CT molecular complexity index is 606. The average Bonchev–Trinajstić information content (AvgIpc) is 2.79. The van der Waals surface area contributed by atoms with Gasteiger partial charge < -0.3 is 9.73 Å². The van der Waals surface area contributed by atoms with E-state index in [9.17, 15) is 4.79 Å². The molecule has 1 N–H and O–H groups in total. The fourth-order valence-corrected chi connectivity index (χ4v) is 1.74. The largest absolute Gasteiger partial charge is 0.458 e. The molecule has 2 rings (SSSR count). The van der Waals surface area contributed by atoms with Gasteiger partial charge in [-0.25, -0.2) is 0 Å². The molecule has 3 heteroatoms. The van der Waals surface area contributed by atoms with E-state index in [0.29, 0.717) is 5.76 Å². The van der Waals surface area contributed by atoms with Gasteiger partial charge in [-0.15, -0.1) is 0 Å². The van der Waals surface area contributed by atoms with E-state index in [1.54, 1.807) is 12.1 Å². The van der Waals surface area contributed by atoms with Crippen molar-refractivity contribution in [3.8, 4) is 0 Å². The summed E-state index contributed by atoms with van der Waals surface area (Å²) < 4.78 is 5.29. The molecule has 1 heterocycles. The molecule has 0 unspecified atom stereocenters. The number of nitrogens with one attached hydrogen (secondary N) is 1. The van der Waals surface area contributed by atoms with Gasteiger partial charge in [-0.3, -0.25) is 4.79 Å². The van der Waals surface area contributed by atoms with Crippen LogP contribution in [-0.4, -0.2) is 5.78 Å². The summed E-state index contributed by atoms with van der Waals surface area (Å²) >= 11 is 0. The zero-order chi connectivity index (χ0) is 13.8. The number of hydrogen-bond acceptors (Lipinski definition) is 3. The number of hydrogen-bond donors (Lipinski definition) is 1. The number of aryl methyl sites for hydroxylation is 2. The fraction of sp³-hybridized carbons (Fsp3) is 0.188. The average molecular weight is 255 g/mol.